The zero-order chi connectivity index (χ0) is 33.7. The Balaban J connectivity index is 1.49. The van der Waals surface area contributed by atoms with Gasteiger partial charge in [-0.2, -0.15) is 5.10 Å². The molecule has 7 rings (SSSR count). The summed E-state index contributed by atoms with van der Waals surface area (Å²) in [6.45, 7) is 12.1. The number of carbonyl (C=O) groups is 1. The zero-order valence-electron chi connectivity index (χ0n) is 27.4. The molecule has 48 heavy (non-hydrogen) atoms. The van der Waals surface area contributed by atoms with E-state index in [1.165, 1.54) is 41.7 Å². The van der Waals surface area contributed by atoms with Crippen LogP contribution in [0.3, 0.4) is 0 Å². The van der Waals surface area contributed by atoms with Gasteiger partial charge < -0.3 is 19.7 Å². The molecule has 0 radical (unpaired) electrons. The first-order valence-corrected chi connectivity index (χ1v) is 16.9. The fourth-order valence-electron chi connectivity index (χ4n) is 7.00. The van der Waals surface area contributed by atoms with E-state index < -0.39 is 11.6 Å². The molecule has 3 aromatic heterocycles. The van der Waals surface area contributed by atoms with Crippen molar-refractivity contribution in [2.45, 2.75) is 45.3 Å². The number of amides is 1. The van der Waals surface area contributed by atoms with Gasteiger partial charge in [-0.1, -0.05) is 18.7 Å². The number of hydrogen-bond donors (Lipinski definition) is 1. The summed E-state index contributed by atoms with van der Waals surface area (Å²) in [5.74, 6) is -1.62. The maximum absolute atomic E-state index is 16.1. The van der Waals surface area contributed by atoms with Crippen LogP contribution >= 0.6 is 11.3 Å². The van der Waals surface area contributed by atoms with Gasteiger partial charge in [0.15, 0.2) is 0 Å². The van der Waals surface area contributed by atoms with Crippen molar-refractivity contribution in [1.82, 2.24) is 25.0 Å². The number of thiophene rings is 1. The van der Waals surface area contributed by atoms with Crippen molar-refractivity contribution >= 4 is 27.3 Å². The lowest BCUT2D eigenvalue weighted by molar-refractivity contribution is -0.129. The van der Waals surface area contributed by atoms with Gasteiger partial charge in [0.25, 0.3) is 0 Å². The number of methoxy groups -OCH3 is 1. The quantitative estimate of drug-likeness (QED) is 0.138. The average Bonchev–Trinajstić information content (AvgIpc) is 3.72. The number of nitrogens with zero attached hydrogens (tertiary/aromatic N) is 4. The Morgan fingerprint density at radius 1 is 1.12 bits per heavy atom. The second-order valence-electron chi connectivity index (χ2n) is 12.7. The van der Waals surface area contributed by atoms with Gasteiger partial charge in [-0.3, -0.25) is 9.48 Å². The molecule has 1 N–H and O–H groups in total. The van der Waals surface area contributed by atoms with Crippen LogP contribution in [0, 0.1) is 11.6 Å². The fraction of sp³-hybridized carbons (Fsp3) is 0.324. The predicted molar refractivity (Wildman–Crippen MR) is 184 cm³/mol. The van der Waals surface area contributed by atoms with Crippen LogP contribution in [0.2, 0.25) is 0 Å². The molecule has 1 unspecified atom stereocenters. The topological polar surface area (TPSA) is 81.5 Å². The number of ether oxygens (including phenoxy) is 2. The largest absolute Gasteiger partial charge is 0.490 e. The lowest BCUT2D eigenvalue weighted by Gasteiger charge is -2.34. The van der Waals surface area contributed by atoms with E-state index in [0.717, 1.165) is 46.1 Å². The van der Waals surface area contributed by atoms with E-state index in [2.05, 4.69) is 43.9 Å². The number of benzene rings is 2. The van der Waals surface area contributed by atoms with Gasteiger partial charge in [-0.05, 0) is 74.5 Å². The molecule has 0 saturated carbocycles. The Morgan fingerprint density at radius 3 is 2.75 bits per heavy atom. The number of carbonyl (C=O) groups excluding carboxylic acids is 1. The van der Waals surface area contributed by atoms with Gasteiger partial charge in [0.2, 0.25) is 5.91 Å². The molecule has 0 spiro atoms. The van der Waals surface area contributed by atoms with Crippen LogP contribution in [-0.4, -0.2) is 59.0 Å². The molecule has 1 amide bonds. The van der Waals surface area contributed by atoms with Crippen LogP contribution in [0.1, 0.15) is 43.6 Å². The fourth-order valence-corrected chi connectivity index (χ4v) is 7.95. The zero-order valence-corrected chi connectivity index (χ0v) is 28.2. The number of rotatable bonds is 8. The van der Waals surface area contributed by atoms with Crippen LogP contribution in [0.5, 0.6) is 5.75 Å². The SMILES string of the molecule is C=CC(=O)N1CCn2nc(-c3nc(-c4ccc5c(c4)CCNC5(C)C)c4ccsc4c3-c3c(F)cc(F)cc3OCCOC)cc2C1C. The minimum atomic E-state index is -0.767. The minimum Gasteiger partial charge on any atom is -0.490 e. The van der Waals surface area contributed by atoms with Crippen LogP contribution in [0.25, 0.3) is 43.9 Å². The highest BCUT2D eigenvalue weighted by Crippen LogP contribution is 2.48. The Labute approximate surface area is 282 Å². The summed E-state index contributed by atoms with van der Waals surface area (Å²) in [5.41, 5.74) is 6.40. The number of hydrogen-bond acceptors (Lipinski definition) is 7. The van der Waals surface area contributed by atoms with E-state index >= 15 is 4.39 Å². The standard InChI is InChI=1S/C37H37F2N5O3S/c1-6-31(45)43-12-13-44-29(21(43)2)20-28(42-44)35-33(32-27(39)18-24(38)19-30(32)47-15-14-46-5)36-25(10-16-48-36)34(41-35)23-7-8-26-22(17-23)9-11-40-37(26,3)4/h6-8,10,16-21,40H,1,9,11-15H2,2-5H3. The van der Waals surface area contributed by atoms with Crippen molar-refractivity contribution in [3.05, 3.63) is 89.0 Å². The Kier molecular flexibility index (Phi) is 8.39. The summed E-state index contributed by atoms with van der Waals surface area (Å²) >= 11 is 1.46. The van der Waals surface area contributed by atoms with Gasteiger partial charge in [-0.25, -0.2) is 13.8 Å². The summed E-state index contributed by atoms with van der Waals surface area (Å²) in [6, 6.07) is 12.2. The molecule has 248 valence electrons. The Morgan fingerprint density at radius 2 is 1.96 bits per heavy atom. The van der Waals surface area contributed by atoms with Crippen LogP contribution in [-0.2, 0) is 28.0 Å². The van der Waals surface area contributed by atoms with Crippen molar-refractivity contribution in [2.24, 2.45) is 0 Å². The Hall–Kier alpha value is -4.45. The van der Waals surface area contributed by atoms with Gasteiger partial charge in [0.1, 0.15) is 35.4 Å². The lowest BCUT2D eigenvalue weighted by Crippen LogP contribution is -2.42. The third kappa shape index (κ3) is 5.49. The third-order valence-electron chi connectivity index (χ3n) is 9.39. The van der Waals surface area contributed by atoms with Gasteiger partial charge in [0, 0.05) is 52.5 Å². The maximum atomic E-state index is 16.1. The second-order valence-corrected chi connectivity index (χ2v) is 13.6. The number of halogens is 2. The van der Waals surface area contributed by atoms with E-state index in [9.17, 15) is 9.18 Å². The first-order chi connectivity index (χ1) is 23.1. The molecule has 11 heteroatoms. The van der Waals surface area contributed by atoms with E-state index in [-0.39, 0.29) is 42.0 Å². The molecule has 0 saturated heterocycles. The summed E-state index contributed by atoms with van der Waals surface area (Å²) in [6.07, 6.45) is 2.21. The summed E-state index contributed by atoms with van der Waals surface area (Å²) < 4.78 is 44.6. The van der Waals surface area contributed by atoms with Gasteiger partial charge >= 0.3 is 0 Å². The number of aromatic nitrogens is 3. The van der Waals surface area contributed by atoms with E-state index in [1.54, 1.807) is 4.90 Å². The van der Waals surface area contributed by atoms with E-state index in [1.807, 2.05) is 29.1 Å². The normalized spacial score (nSPS) is 16.9. The highest BCUT2D eigenvalue weighted by Gasteiger charge is 2.32. The molecular weight excluding hydrogens is 633 g/mol. The molecule has 0 aliphatic carbocycles. The molecule has 2 aliphatic heterocycles. The highest BCUT2D eigenvalue weighted by atomic mass is 32.1. The summed E-state index contributed by atoms with van der Waals surface area (Å²) in [7, 11) is 1.54. The molecule has 2 aliphatic rings. The molecule has 0 fully saturated rings. The maximum Gasteiger partial charge on any atom is 0.246 e. The van der Waals surface area contributed by atoms with Crippen molar-refractivity contribution in [3.63, 3.8) is 0 Å². The van der Waals surface area contributed by atoms with Crippen LogP contribution in [0.4, 0.5) is 8.78 Å². The van der Waals surface area contributed by atoms with Crippen molar-refractivity contribution in [2.75, 3.05) is 33.4 Å². The second kappa shape index (κ2) is 12.5. The molecule has 5 aromatic rings. The van der Waals surface area contributed by atoms with Crippen molar-refractivity contribution in [1.29, 1.82) is 0 Å². The van der Waals surface area contributed by atoms with Gasteiger partial charge in [0.05, 0.1) is 36.1 Å². The average molecular weight is 670 g/mol. The lowest BCUT2D eigenvalue weighted by atomic mass is 9.84. The van der Waals surface area contributed by atoms with E-state index in [4.69, 9.17) is 19.6 Å². The van der Waals surface area contributed by atoms with Crippen LogP contribution < -0.4 is 10.1 Å². The molecule has 2 aromatic carbocycles. The molecule has 1 atom stereocenters. The van der Waals surface area contributed by atoms with Crippen molar-refractivity contribution in [3.8, 4) is 39.5 Å². The van der Waals surface area contributed by atoms with Crippen molar-refractivity contribution < 1.29 is 23.0 Å². The smallest absolute Gasteiger partial charge is 0.246 e. The summed E-state index contributed by atoms with van der Waals surface area (Å²) in [4.78, 5) is 19.7. The highest BCUT2D eigenvalue weighted by molar-refractivity contribution is 7.18. The Bertz CT molecular complexity index is 2070. The number of nitrogens with one attached hydrogen (secondary N) is 1. The van der Waals surface area contributed by atoms with E-state index in [0.29, 0.717) is 30.0 Å². The van der Waals surface area contributed by atoms with Gasteiger partial charge in [-0.15, -0.1) is 11.3 Å². The molecular formula is C37H37F2N5O3S. The van der Waals surface area contributed by atoms with Crippen LogP contribution in [0.15, 0.2) is 60.5 Å². The third-order valence-corrected chi connectivity index (χ3v) is 10.3. The first kappa shape index (κ1) is 32.1. The minimum absolute atomic E-state index is 0.0543. The molecule has 8 nitrogen and oxygen atoms in total. The molecule has 0 bridgehead atoms. The monoisotopic (exact) mass is 669 g/mol. The predicted octanol–water partition coefficient (Wildman–Crippen LogP) is 7.27. The molecule has 5 heterocycles. The first-order valence-electron chi connectivity index (χ1n) is 16.0. The summed E-state index contributed by atoms with van der Waals surface area (Å²) in [5, 5.41) is 11.4. The number of fused-ring (bicyclic) bond motifs is 3. The number of pyridine rings is 1.